The maximum Gasteiger partial charge on any atom is 0.252 e. The van der Waals surface area contributed by atoms with Crippen LogP contribution in [0.4, 0.5) is 0 Å². The van der Waals surface area contributed by atoms with Gasteiger partial charge in [-0.1, -0.05) is 24.1 Å². The molecular weight excluding hydrogens is 386 g/mol. The number of sulfonamides is 1. The number of halogens is 1. The van der Waals surface area contributed by atoms with Gasteiger partial charge in [0, 0.05) is 37.9 Å². The van der Waals surface area contributed by atoms with Crippen LogP contribution in [0.25, 0.3) is 0 Å². The van der Waals surface area contributed by atoms with Crippen LogP contribution in [0.1, 0.15) is 35.3 Å². The fourth-order valence-corrected chi connectivity index (χ4v) is 4.79. The molecule has 0 unspecified atom stereocenters. The Morgan fingerprint density at radius 1 is 1.15 bits per heavy atom. The number of nitrogens with one attached hydrogen (secondary N) is 1. The number of hydrogen-bond donors (Lipinski definition) is 1. The molecule has 0 spiro atoms. The predicted molar refractivity (Wildman–Crippen MR) is 104 cm³/mol. The van der Waals surface area contributed by atoms with Gasteiger partial charge in [0.25, 0.3) is 5.91 Å². The first-order valence-electron chi connectivity index (χ1n) is 8.96. The zero-order valence-corrected chi connectivity index (χ0v) is 16.5. The first-order chi connectivity index (χ1) is 13.0. The molecule has 1 saturated heterocycles. The highest BCUT2D eigenvalue weighted by Crippen LogP contribution is 2.25. The molecule has 2 aromatic rings. The molecule has 6 nitrogen and oxygen atoms in total. The summed E-state index contributed by atoms with van der Waals surface area (Å²) >= 11 is 6.14. The number of carbonyl (C=O) groups excluding carboxylic acids is 1. The molecule has 1 aromatic heterocycles. The van der Waals surface area contributed by atoms with Gasteiger partial charge in [-0.15, -0.1) is 0 Å². The third-order valence-electron chi connectivity index (χ3n) is 4.53. The Hall–Kier alpha value is -1.96. The maximum atomic E-state index is 12.8. The Kier molecular flexibility index (Phi) is 6.46. The van der Waals surface area contributed by atoms with Crippen LogP contribution in [0.5, 0.6) is 0 Å². The zero-order chi connectivity index (χ0) is 19.3. The number of carbonyl (C=O) groups is 1. The molecule has 0 bridgehead atoms. The Labute approximate surface area is 164 Å². The van der Waals surface area contributed by atoms with Crippen molar-refractivity contribution in [1.82, 2.24) is 14.6 Å². The van der Waals surface area contributed by atoms with E-state index in [2.05, 4.69) is 10.3 Å². The van der Waals surface area contributed by atoms with Crippen molar-refractivity contribution in [2.45, 2.75) is 30.6 Å². The van der Waals surface area contributed by atoms with E-state index in [-0.39, 0.29) is 15.5 Å². The van der Waals surface area contributed by atoms with Crippen molar-refractivity contribution in [3.05, 3.63) is 58.9 Å². The molecule has 0 radical (unpaired) electrons. The first-order valence-corrected chi connectivity index (χ1v) is 10.8. The summed E-state index contributed by atoms with van der Waals surface area (Å²) in [6.07, 6.45) is 5.02. The first kappa shape index (κ1) is 19.8. The second kappa shape index (κ2) is 8.82. The summed E-state index contributed by atoms with van der Waals surface area (Å²) < 4.78 is 27.1. The molecule has 1 amide bonds. The summed E-state index contributed by atoms with van der Waals surface area (Å²) in [6, 6.07) is 9.88. The van der Waals surface area contributed by atoms with E-state index in [0.717, 1.165) is 25.0 Å². The summed E-state index contributed by atoms with van der Waals surface area (Å²) in [7, 11) is -3.61. The number of aromatic nitrogens is 1. The van der Waals surface area contributed by atoms with Crippen molar-refractivity contribution in [2.75, 3.05) is 19.6 Å². The summed E-state index contributed by atoms with van der Waals surface area (Å²) in [4.78, 5) is 16.8. The van der Waals surface area contributed by atoms with Gasteiger partial charge in [0.15, 0.2) is 0 Å². The normalized spacial score (nSPS) is 15.4. The van der Waals surface area contributed by atoms with Gasteiger partial charge in [-0.2, -0.15) is 4.31 Å². The molecule has 0 atom stereocenters. The van der Waals surface area contributed by atoms with Gasteiger partial charge in [-0.05, 0) is 43.2 Å². The molecule has 2 heterocycles. The SMILES string of the molecule is O=C(NCCc1ccccn1)c1cc(S(=O)(=O)N2CCCCC2)ccc1Cl. The molecule has 1 fully saturated rings. The number of amides is 1. The number of nitrogens with zero attached hydrogens (tertiary/aromatic N) is 2. The van der Waals surface area contributed by atoms with E-state index >= 15 is 0 Å². The standard InChI is InChI=1S/C19H22ClN3O3S/c20-18-8-7-16(27(25,26)23-12-4-1-5-13-23)14-17(18)19(24)22-11-9-15-6-2-3-10-21-15/h2-3,6-8,10,14H,1,4-5,9,11-13H2,(H,22,24). The quantitative estimate of drug-likeness (QED) is 0.798. The zero-order valence-electron chi connectivity index (χ0n) is 14.9. The van der Waals surface area contributed by atoms with Crippen LogP contribution in [-0.2, 0) is 16.4 Å². The second-order valence-corrected chi connectivity index (χ2v) is 8.78. The Morgan fingerprint density at radius 2 is 1.93 bits per heavy atom. The lowest BCUT2D eigenvalue weighted by molar-refractivity contribution is 0.0954. The van der Waals surface area contributed by atoms with Gasteiger partial charge < -0.3 is 5.32 Å². The lowest BCUT2D eigenvalue weighted by Gasteiger charge is -2.26. The third-order valence-corrected chi connectivity index (χ3v) is 6.75. The number of rotatable bonds is 6. The highest BCUT2D eigenvalue weighted by atomic mass is 35.5. The van der Waals surface area contributed by atoms with Crippen molar-refractivity contribution < 1.29 is 13.2 Å². The van der Waals surface area contributed by atoms with E-state index in [4.69, 9.17) is 11.6 Å². The molecule has 144 valence electrons. The van der Waals surface area contributed by atoms with Gasteiger partial charge in [0.05, 0.1) is 15.5 Å². The van der Waals surface area contributed by atoms with Crippen LogP contribution >= 0.6 is 11.6 Å². The Balaban J connectivity index is 1.71. The molecule has 3 rings (SSSR count). The molecule has 8 heteroatoms. The number of pyridine rings is 1. The van der Waals surface area contributed by atoms with Crippen LogP contribution in [0.2, 0.25) is 5.02 Å². The third kappa shape index (κ3) is 4.86. The summed E-state index contributed by atoms with van der Waals surface area (Å²) in [5.41, 5.74) is 1.03. The summed E-state index contributed by atoms with van der Waals surface area (Å²) in [6.45, 7) is 1.41. The van der Waals surface area contributed by atoms with Crippen LogP contribution in [0.15, 0.2) is 47.5 Å². The van der Waals surface area contributed by atoms with Crippen molar-refractivity contribution in [3.63, 3.8) is 0 Å². The van der Waals surface area contributed by atoms with Crippen molar-refractivity contribution in [3.8, 4) is 0 Å². The second-order valence-electron chi connectivity index (χ2n) is 6.43. The summed E-state index contributed by atoms with van der Waals surface area (Å²) in [5.74, 6) is -0.397. The minimum Gasteiger partial charge on any atom is -0.352 e. The largest absolute Gasteiger partial charge is 0.352 e. The van der Waals surface area contributed by atoms with Crippen molar-refractivity contribution in [2.24, 2.45) is 0 Å². The van der Waals surface area contributed by atoms with Gasteiger partial charge in [-0.3, -0.25) is 9.78 Å². The molecule has 1 aliphatic heterocycles. The molecule has 1 aliphatic rings. The average Bonchev–Trinajstić information content (AvgIpc) is 2.69. The van der Waals surface area contributed by atoms with Crippen LogP contribution in [0, 0.1) is 0 Å². The van der Waals surface area contributed by atoms with Gasteiger partial charge in [0.1, 0.15) is 0 Å². The van der Waals surface area contributed by atoms with E-state index in [1.807, 2.05) is 18.2 Å². The number of hydrogen-bond acceptors (Lipinski definition) is 4. The smallest absolute Gasteiger partial charge is 0.252 e. The molecule has 27 heavy (non-hydrogen) atoms. The predicted octanol–water partition coefficient (Wildman–Crippen LogP) is 2.88. The van der Waals surface area contributed by atoms with E-state index < -0.39 is 15.9 Å². The maximum absolute atomic E-state index is 12.8. The number of benzene rings is 1. The van der Waals surface area contributed by atoms with E-state index in [1.54, 1.807) is 6.20 Å². The number of piperidine rings is 1. The summed E-state index contributed by atoms with van der Waals surface area (Å²) in [5, 5.41) is 3.00. The van der Waals surface area contributed by atoms with Gasteiger partial charge >= 0.3 is 0 Å². The molecule has 1 N–H and O–H groups in total. The van der Waals surface area contributed by atoms with Gasteiger partial charge in [-0.25, -0.2) is 8.42 Å². The molecular formula is C19H22ClN3O3S. The highest BCUT2D eigenvalue weighted by molar-refractivity contribution is 7.89. The minimum absolute atomic E-state index is 0.101. The fraction of sp³-hybridized carbons (Fsp3) is 0.368. The van der Waals surface area contributed by atoms with E-state index in [0.29, 0.717) is 26.1 Å². The van der Waals surface area contributed by atoms with Crippen molar-refractivity contribution >= 4 is 27.5 Å². The topological polar surface area (TPSA) is 79.4 Å². The van der Waals surface area contributed by atoms with Crippen molar-refractivity contribution in [1.29, 1.82) is 0 Å². The highest BCUT2D eigenvalue weighted by Gasteiger charge is 2.27. The van der Waals surface area contributed by atoms with E-state index in [9.17, 15) is 13.2 Å². The lowest BCUT2D eigenvalue weighted by Crippen LogP contribution is -2.35. The Bertz CT molecular complexity index is 898. The fourth-order valence-electron chi connectivity index (χ4n) is 3.04. The average molecular weight is 408 g/mol. The molecule has 0 saturated carbocycles. The van der Waals surface area contributed by atoms with Crippen LogP contribution < -0.4 is 5.32 Å². The molecule has 0 aliphatic carbocycles. The lowest BCUT2D eigenvalue weighted by atomic mass is 10.2. The van der Waals surface area contributed by atoms with Gasteiger partial charge in [0.2, 0.25) is 10.0 Å². The monoisotopic (exact) mass is 407 g/mol. The van der Waals surface area contributed by atoms with E-state index in [1.165, 1.54) is 22.5 Å². The van der Waals surface area contributed by atoms with Crippen LogP contribution in [-0.4, -0.2) is 43.2 Å². The minimum atomic E-state index is -3.61. The Morgan fingerprint density at radius 3 is 2.63 bits per heavy atom. The van der Waals surface area contributed by atoms with Crippen LogP contribution in [0.3, 0.4) is 0 Å². The molecule has 1 aromatic carbocycles.